The first-order valence-electron chi connectivity index (χ1n) is 11.0. The molecular formula is C24H36O11Si. The first-order valence-corrected chi connectivity index (χ1v) is 12.9. The summed E-state index contributed by atoms with van der Waals surface area (Å²) < 4.78 is 37.8. The Morgan fingerprint density at radius 2 is 1.19 bits per heavy atom. The normalized spacial score (nSPS) is 11.1. The van der Waals surface area contributed by atoms with E-state index in [1.807, 2.05) is 0 Å². The molecule has 0 aromatic rings. The Morgan fingerprint density at radius 1 is 0.778 bits per heavy atom. The molecule has 0 aromatic heterocycles. The average molecular weight is 529 g/mol. The van der Waals surface area contributed by atoms with E-state index in [0.29, 0.717) is 12.8 Å². The zero-order chi connectivity index (χ0) is 27.9. The van der Waals surface area contributed by atoms with Crippen molar-refractivity contribution in [1.82, 2.24) is 0 Å². The van der Waals surface area contributed by atoms with Crippen molar-refractivity contribution >= 4 is 32.7 Å². The molecule has 12 heteroatoms. The van der Waals surface area contributed by atoms with Crippen LogP contribution in [-0.4, -0.2) is 66.1 Å². The van der Waals surface area contributed by atoms with Gasteiger partial charge in [-0.1, -0.05) is 26.3 Å². The molecule has 0 bridgehead atoms. The molecule has 0 amide bonds. The standard InChI is InChI=1S/C24H36O11Si/c1-10-20(25)31-14-11-12-15-32-36(29-8,30-9)16-13-24(33-21(26)17(2)3,34-22(27)18(4)5)35-23(28)19(6)7/h10H,1-2,4,6,11-16H2,3,5,7-9H3. The lowest BCUT2D eigenvalue weighted by Gasteiger charge is -2.34. The minimum Gasteiger partial charge on any atom is -0.463 e. The van der Waals surface area contributed by atoms with E-state index in [4.69, 9.17) is 32.2 Å². The lowest BCUT2D eigenvalue weighted by Crippen LogP contribution is -2.50. The number of esters is 4. The Bertz CT molecular complexity index is 789. The van der Waals surface area contributed by atoms with Gasteiger partial charge in [-0.25, -0.2) is 19.2 Å². The van der Waals surface area contributed by atoms with Crippen molar-refractivity contribution in [2.75, 3.05) is 27.4 Å². The molecule has 0 heterocycles. The van der Waals surface area contributed by atoms with Crippen LogP contribution >= 0.6 is 0 Å². The lowest BCUT2D eigenvalue weighted by molar-refractivity contribution is -0.327. The number of unbranched alkanes of at least 4 members (excludes halogenated alkanes) is 1. The van der Waals surface area contributed by atoms with Crippen LogP contribution in [0.5, 0.6) is 0 Å². The molecule has 0 fully saturated rings. The summed E-state index contributed by atoms with van der Waals surface area (Å²) in [6.07, 6.45) is 1.68. The third kappa shape index (κ3) is 11.6. The van der Waals surface area contributed by atoms with Crippen LogP contribution in [-0.2, 0) is 51.4 Å². The molecule has 0 radical (unpaired) electrons. The van der Waals surface area contributed by atoms with E-state index in [2.05, 4.69) is 26.3 Å². The summed E-state index contributed by atoms with van der Waals surface area (Å²) in [6.45, 7) is 18.3. The van der Waals surface area contributed by atoms with Gasteiger partial charge in [-0.3, -0.25) is 0 Å². The van der Waals surface area contributed by atoms with E-state index in [-0.39, 0.29) is 36.0 Å². The molecule has 0 N–H and O–H groups in total. The van der Waals surface area contributed by atoms with Gasteiger partial charge in [0.2, 0.25) is 0 Å². The Hall–Kier alpha value is -3.06. The summed E-state index contributed by atoms with van der Waals surface area (Å²) in [4.78, 5) is 48.3. The molecule has 0 aromatic carbocycles. The Balaban J connectivity index is 5.78. The van der Waals surface area contributed by atoms with E-state index < -0.39 is 45.1 Å². The Kier molecular flexibility index (Phi) is 14.5. The van der Waals surface area contributed by atoms with Gasteiger partial charge in [0, 0.05) is 49.7 Å². The highest BCUT2D eigenvalue weighted by atomic mass is 28.4. The van der Waals surface area contributed by atoms with Crippen LogP contribution in [0.15, 0.2) is 49.1 Å². The molecule has 11 nitrogen and oxygen atoms in total. The SMILES string of the molecule is C=CC(=O)OCCCCO[Si](CCC(OC(=O)C(=C)C)(OC(=O)C(=C)C)OC(=O)C(=C)C)(OC)OC. The van der Waals surface area contributed by atoms with Crippen LogP contribution in [0.2, 0.25) is 6.04 Å². The second kappa shape index (κ2) is 15.8. The maximum Gasteiger partial charge on any atom is 0.500 e. The van der Waals surface area contributed by atoms with Crippen molar-refractivity contribution in [2.45, 2.75) is 52.1 Å². The van der Waals surface area contributed by atoms with E-state index in [0.717, 1.165) is 6.08 Å². The van der Waals surface area contributed by atoms with Gasteiger partial charge in [0.15, 0.2) is 0 Å². The Labute approximate surface area is 213 Å². The van der Waals surface area contributed by atoms with Gasteiger partial charge in [-0.2, -0.15) is 0 Å². The highest BCUT2D eigenvalue weighted by Gasteiger charge is 2.49. The largest absolute Gasteiger partial charge is 0.500 e. The molecular weight excluding hydrogens is 492 g/mol. The number of rotatable bonds is 18. The minimum atomic E-state index is -3.44. The van der Waals surface area contributed by atoms with Crippen LogP contribution in [0.3, 0.4) is 0 Å². The number of hydrogen-bond donors (Lipinski definition) is 0. The van der Waals surface area contributed by atoms with Gasteiger partial charge in [0.1, 0.15) is 0 Å². The topological polar surface area (TPSA) is 133 Å². The van der Waals surface area contributed by atoms with Gasteiger partial charge in [0.05, 0.1) is 13.0 Å². The first-order chi connectivity index (χ1) is 16.8. The zero-order valence-electron chi connectivity index (χ0n) is 21.6. The summed E-state index contributed by atoms with van der Waals surface area (Å²) >= 11 is 0. The predicted octanol–water partition coefficient (Wildman–Crippen LogP) is 3.15. The van der Waals surface area contributed by atoms with Crippen molar-refractivity contribution in [3.63, 3.8) is 0 Å². The van der Waals surface area contributed by atoms with E-state index in [9.17, 15) is 19.2 Å². The average Bonchev–Trinajstić information content (AvgIpc) is 2.82. The number of carbonyl (C=O) groups excluding carboxylic acids is 4. The number of hydrogen-bond acceptors (Lipinski definition) is 11. The summed E-state index contributed by atoms with van der Waals surface area (Å²) in [6, 6.07) is -0.0954. The van der Waals surface area contributed by atoms with Gasteiger partial charge >= 0.3 is 38.7 Å². The monoisotopic (exact) mass is 528 g/mol. The fourth-order valence-electron chi connectivity index (χ4n) is 2.35. The smallest absolute Gasteiger partial charge is 0.463 e. The zero-order valence-corrected chi connectivity index (χ0v) is 22.6. The number of carbonyl (C=O) groups is 4. The maximum absolute atomic E-state index is 12.4. The van der Waals surface area contributed by atoms with Crippen molar-refractivity contribution < 1.29 is 51.4 Å². The molecule has 0 aliphatic carbocycles. The third-order valence-corrected chi connectivity index (χ3v) is 7.17. The fraction of sp³-hybridized carbons (Fsp3) is 0.500. The van der Waals surface area contributed by atoms with Gasteiger partial charge in [0.25, 0.3) is 0 Å². The first kappa shape index (κ1) is 32.9. The summed E-state index contributed by atoms with van der Waals surface area (Å²) in [7, 11) is -0.714. The number of ether oxygens (including phenoxy) is 4. The second-order valence-electron chi connectivity index (χ2n) is 7.71. The van der Waals surface area contributed by atoms with Gasteiger partial charge < -0.3 is 32.2 Å². The third-order valence-electron chi connectivity index (χ3n) is 4.42. The molecule has 0 spiro atoms. The van der Waals surface area contributed by atoms with Crippen molar-refractivity contribution in [2.24, 2.45) is 0 Å². The molecule has 202 valence electrons. The molecule has 0 saturated heterocycles. The second-order valence-corrected chi connectivity index (χ2v) is 10.7. The van der Waals surface area contributed by atoms with Gasteiger partial charge in [-0.05, 0) is 33.6 Å². The predicted molar refractivity (Wildman–Crippen MR) is 131 cm³/mol. The highest BCUT2D eigenvalue weighted by Crippen LogP contribution is 2.30. The van der Waals surface area contributed by atoms with E-state index >= 15 is 0 Å². The molecule has 0 rings (SSSR count). The molecule has 0 saturated carbocycles. The maximum atomic E-state index is 12.4. The van der Waals surface area contributed by atoms with Crippen molar-refractivity contribution in [1.29, 1.82) is 0 Å². The summed E-state index contributed by atoms with van der Waals surface area (Å²) in [5, 5.41) is 0. The van der Waals surface area contributed by atoms with Crippen LogP contribution in [0, 0.1) is 0 Å². The van der Waals surface area contributed by atoms with E-state index in [1.165, 1.54) is 35.0 Å². The minimum absolute atomic E-state index is 0.0347. The van der Waals surface area contributed by atoms with Crippen LogP contribution in [0.25, 0.3) is 0 Å². The molecule has 0 atom stereocenters. The highest BCUT2D eigenvalue weighted by molar-refractivity contribution is 6.60. The van der Waals surface area contributed by atoms with Crippen LogP contribution < -0.4 is 0 Å². The fourth-order valence-corrected chi connectivity index (χ4v) is 4.37. The Morgan fingerprint density at radius 3 is 1.56 bits per heavy atom. The summed E-state index contributed by atoms with van der Waals surface area (Å²) in [5.41, 5.74) is -0.104. The van der Waals surface area contributed by atoms with Crippen LogP contribution in [0.4, 0.5) is 0 Å². The van der Waals surface area contributed by atoms with Crippen LogP contribution in [0.1, 0.15) is 40.0 Å². The van der Waals surface area contributed by atoms with Gasteiger partial charge in [-0.15, -0.1) is 0 Å². The van der Waals surface area contributed by atoms with E-state index in [1.54, 1.807) is 0 Å². The van der Waals surface area contributed by atoms with Crippen molar-refractivity contribution in [3.05, 3.63) is 49.1 Å². The molecule has 0 aliphatic rings. The molecule has 0 aliphatic heterocycles. The molecule has 0 unspecified atom stereocenters. The molecule has 36 heavy (non-hydrogen) atoms. The quantitative estimate of drug-likeness (QED) is 0.0854. The van der Waals surface area contributed by atoms with Crippen molar-refractivity contribution in [3.8, 4) is 0 Å². The summed E-state index contributed by atoms with van der Waals surface area (Å²) in [5.74, 6) is -5.95. The lowest BCUT2D eigenvalue weighted by atomic mass is 10.3.